The highest BCUT2D eigenvalue weighted by atomic mass is 16.5. The Morgan fingerprint density at radius 3 is 2.70 bits per heavy atom. The van der Waals surface area contributed by atoms with Gasteiger partial charge >= 0.3 is 0 Å². The number of carbonyl (C=O) groups excluding carboxylic acids is 1. The lowest BCUT2D eigenvalue weighted by molar-refractivity contribution is 0.0953. The molecule has 0 aliphatic heterocycles. The number of benzene rings is 2. The molecule has 3 heteroatoms. The summed E-state index contributed by atoms with van der Waals surface area (Å²) in [5.41, 5.74) is 3.22. The first-order chi connectivity index (χ1) is 11.2. The van der Waals surface area contributed by atoms with E-state index in [1.165, 1.54) is 11.1 Å². The Kier molecular flexibility index (Phi) is 6.42. The van der Waals surface area contributed by atoms with Gasteiger partial charge in [-0.1, -0.05) is 42.5 Å². The summed E-state index contributed by atoms with van der Waals surface area (Å²) >= 11 is 0. The Morgan fingerprint density at radius 2 is 2.00 bits per heavy atom. The van der Waals surface area contributed by atoms with Crippen LogP contribution in [0.25, 0.3) is 0 Å². The van der Waals surface area contributed by atoms with Gasteiger partial charge in [-0.25, -0.2) is 0 Å². The number of hydrogen-bond donors (Lipinski definition) is 1. The molecule has 0 atom stereocenters. The summed E-state index contributed by atoms with van der Waals surface area (Å²) in [7, 11) is 0. The highest BCUT2D eigenvalue weighted by molar-refractivity contribution is 5.94. The molecule has 0 fully saturated rings. The predicted molar refractivity (Wildman–Crippen MR) is 94.0 cm³/mol. The van der Waals surface area contributed by atoms with Crippen LogP contribution < -0.4 is 10.1 Å². The van der Waals surface area contributed by atoms with E-state index in [-0.39, 0.29) is 5.91 Å². The lowest BCUT2D eigenvalue weighted by Gasteiger charge is -2.07. The molecular formula is C20H23NO2. The third kappa shape index (κ3) is 5.62. The molecule has 2 aromatic carbocycles. The fourth-order valence-electron chi connectivity index (χ4n) is 2.32. The highest BCUT2D eigenvalue weighted by Gasteiger charge is 2.05. The normalized spacial score (nSPS) is 10.1. The third-order valence-corrected chi connectivity index (χ3v) is 3.49. The Hall–Kier alpha value is -2.55. The summed E-state index contributed by atoms with van der Waals surface area (Å²) in [5.74, 6) is 0.686. The molecule has 1 amide bonds. The number of nitrogens with one attached hydrogen (secondary N) is 1. The van der Waals surface area contributed by atoms with Gasteiger partial charge in [-0.15, -0.1) is 0 Å². The fraction of sp³-hybridized carbons (Fsp3) is 0.250. The summed E-state index contributed by atoms with van der Waals surface area (Å²) in [4.78, 5) is 12.1. The largest absolute Gasteiger partial charge is 0.490 e. The molecular weight excluding hydrogens is 286 g/mol. The smallest absolute Gasteiger partial charge is 0.251 e. The topological polar surface area (TPSA) is 38.3 Å². The first kappa shape index (κ1) is 16.8. The van der Waals surface area contributed by atoms with E-state index in [9.17, 15) is 4.79 Å². The zero-order valence-corrected chi connectivity index (χ0v) is 13.5. The van der Waals surface area contributed by atoms with Crippen molar-refractivity contribution in [2.75, 3.05) is 13.2 Å². The van der Waals surface area contributed by atoms with Crippen LogP contribution in [-0.2, 0) is 6.42 Å². The summed E-state index contributed by atoms with van der Waals surface area (Å²) in [6, 6.07) is 15.6. The van der Waals surface area contributed by atoms with E-state index in [4.69, 9.17) is 4.74 Å². The van der Waals surface area contributed by atoms with Crippen LogP contribution in [0.5, 0.6) is 5.75 Å². The summed E-state index contributed by atoms with van der Waals surface area (Å²) in [5, 5.41) is 2.95. The Balaban J connectivity index is 1.75. The summed E-state index contributed by atoms with van der Waals surface area (Å²) < 4.78 is 5.40. The summed E-state index contributed by atoms with van der Waals surface area (Å²) in [6.45, 7) is 6.82. The molecule has 0 saturated heterocycles. The first-order valence-electron chi connectivity index (χ1n) is 7.86. The van der Waals surface area contributed by atoms with Crippen molar-refractivity contribution < 1.29 is 9.53 Å². The van der Waals surface area contributed by atoms with Gasteiger partial charge in [0.15, 0.2) is 0 Å². The van der Waals surface area contributed by atoms with Gasteiger partial charge in [0.2, 0.25) is 0 Å². The van der Waals surface area contributed by atoms with Crippen LogP contribution in [0.2, 0.25) is 0 Å². The average Bonchev–Trinajstić information content (AvgIpc) is 2.57. The van der Waals surface area contributed by atoms with E-state index in [2.05, 4.69) is 43.1 Å². The van der Waals surface area contributed by atoms with Crippen molar-refractivity contribution in [2.24, 2.45) is 0 Å². The van der Waals surface area contributed by atoms with E-state index < -0.39 is 0 Å². The molecule has 0 saturated carbocycles. The van der Waals surface area contributed by atoms with Gasteiger partial charge in [-0.2, -0.15) is 0 Å². The van der Waals surface area contributed by atoms with Crippen LogP contribution in [0.1, 0.15) is 27.9 Å². The van der Waals surface area contributed by atoms with Gasteiger partial charge in [0, 0.05) is 12.1 Å². The van der Waals surface area contributed by atoms with Crippen LogP contribution in [0.4, 0.5) is 0 Å². The van der Waals surface area contributed by atoms with E-state index in [0.29, 0.717) is 18.7 Å². The van der Waals surface area contributed by atoms with E-state index in [0.717, 1.165) is 18.6 Å². The number of amides is 1. The van der Waals surface area contributed by atoms with Crippen molar-refractivity contribution >= 4 is 5.91 Å². The van der Waals surface area contributed by atoms with Crippen molar-refractivity contribution in [1.29, 1.82) is 0 Å². The highest BCUT2D eigenvalue weighted by Crippen LogP contribution is 2.12. The number of rotatable bonds is 8. The Morgan fingerprint density at radius 1 is 1.22 bits per heavy atom. The molecule has 0 spiro atoms. The SMILES string of the molecule is C=CCOc1ccc(C(=O)NCCCc2cccc(C)c2)cc1. The minimum atomic E-state index is -0.0514. The maximum Gasteiger partial charge on any atom is 0.251 e. The third-order valence-electron chi connectivity index (χ3n) is 3.49. The fourth-order valence-corrected chi connectivity index (χ4v) is 2.32. The molecule has 0 aliphatic carbocycles. The van der Waals surface area contributed by atoms with Gasteiger partial charge in [0.1, 0.15) is 12.4 Å². The Bertz CT molecular complexity index is 647. The lowest BCUT2D eigenvalue weighted by Crippen LogP contribution is -2.24. The van der Waals surface area contributed by atoms with Gasteiger partial charge in [0.05, 0.1) is 0 Å². The van der Waals surface area contributed by atoms with Crippen LogP contribution in [0, 0.1) is 6.92 Å². The molecule has 0 aliphatic rings. The molecule has 23 heavy (non-hydrogen) atoms. The minimum Gasteiger partial charge on any atom is -0.490 e. The van der Waals surface area contributed by atoms with Crippen LogP contribution >= 0.6 is 0 Å². The molecule has 0 unspecified atom stereocenters. The molecule has 3 nitrogen and oxygen atoms in total. The lowest BCUT2D eigenvalue weighted by atomic mass is 10.1. The molecule has 0 bridgehead atoms. The van der Waals surface area contributed by atoms with Gasteiger partial charge in [-0.3, -0.25) is 4.79 Å². The van der Waals surface area contributed by atoms with Crippen molar-refractivity contribution in [2.45, 2.75) is 19.8 Å². The van der Waals surface area contributed by atoms with Crippen LogP contribution in [0.3, 0.4) is 0 Å². The molecule has 2 aromatic rings. The van der Waals surface area contributed by atoms with E-state index in [1.54, 1.807) is 30.3 Å². The molecule has 2 rings (SSSR count). The molecule has 1 N–H and O–H groups in total. The van der Waals surface area contributed by atoms with Gasteiger partial charge < -0.3 is 10.1 Å². The number of hydrogen-bond acceptors (Lipinski definition) is 2. The first-order valence-corrected chi connectivity index (χ1v) is 7.86. The second-order valence-electron chi connectivity index (χ2n) is 5.47. The zero-order chi connectivity index (χ0) is 16.5. The minimum absolute atomic E-state index is 0.0514. The second-order valence-corrected chi connectivity index (χ2v) is 5.47. The van der Waals surface area contributed by atoms with E-state index in [1.807, 2.05) is 0 Å². The van der Waals surface area contributed by atoms with Crippen molar-refractivity contribution in [3.63, 3.8) is 0 Å². The maximum atomic E-state index is 12.1. The number of aryl methyl sites for hydroxylation is 2. The zero-order valence-electron chi connectivity index (χ0n) is 13.5. The van der Waals surface area contributed by atoms with Gasteiger partial charge in [-0.05, 0) is 49.6 Å². The molecule has 0 aromatic heterocycles. The molecule has 120 valence electrons. The standard InChI is InChI=1S/C20H23NO2/c1-3-14-23-19-11-9-18(10-12-19)20(22)21-13-5-8-17-7-4-6-16(2)15-17/h3-4,6-7,9-12,15H,1,5,8,13-14H2,2H3,(H,21,22). The second kappa shape index (κ2) is 8.79. The molecule has 0 heterocycles. The van der Waals surface area contributed by atoms with Crippen LogP contribution in [0.15, 0.2) is 61.2 Å². The number of ether oxygens (including phenoxy) is 1. The van der Waals surface area contributed by atoms with Crippen molar-refractivity contribution in [3.8, 4) is 5.75 Å². The predicted octanol–water partition coefficient (Wildman–Crippen LogP) is 3.92. The monoisotopic (exact) mass is 309 g/mol. The van der Waals surface area contributed by atoms with E-state index >= 15 is 0 Å². The van der Waals surface area contributed by atoms with Crippen molar-refractivity contribution in [3.05, 3.63) is 77.9 Å². The number of carbonyl (C=O) groups is 1. The van der Waals surface area contributed by atoms with Gasteiger partial charge in [0.25, 0.3) is 5.91 Å². The van der Waals surface area contributed by atoms with Crippen LogP contribution in [-0.4, -0.2) is 19.1 Å². The summed E-state index contributed by atoms with van der Waals surface area (Å²) in [6.07, 6.45) is 3.58. The van der Waals surface area contributed by atoms with Crippen molar-refractivity contribution in [1.82, 2.24) is 5.32 Å². The average molecular weight is 309 g/mol. The maximum absolute atomic E-state index is 12.1. The Labute approximate surface area is 138 Å². The molecule has 0 radical (unpaired) electrons. The quantitative estimate of drug-likeness (QED) is 0.593.